The van der Waals surface area contributed by atoms with Crippen LogP contribution in [0.2, 0.25) is 0 Å². The highest BCUT2D eigenvalue weighted by Crippen LogP contribution is 2.25. The van der Waals surface area contributed by atoms with E-state index in [1.165, 1.54) is 25.7 Å². The molecule has 0 spiro atoms. The molecule has 0 aliphatic heterocycles. The van der Waals surface area contributed by atoms with Crippen LogP contribution in [0.15, 0.2) is 0 Å². The van der Waals surface area contributed by atoms with Crippen molar-refractivity contribution < 1.29 is 9.53 Å². The van der Waals surface area contributed by atoms with E-state index in [4.69, 9.17) is 4.74 Å². The zero-order valence-corrected chi connectivity index (χ0v) is 12.0. The minimum absolute atomic E-state index is 0.113. The first-order valence-electron chi connectivity index (χ1n) is 6.72. The Morgan fingerprint density at radius 2 is 1.88 bits per heavy atom. The van der Waals surface area contributed by atoms with Crippen LogP contribution in [0.4, 0.5) is 0 Å². The highest BCUT2D eigenvalue weighted by Gasteiger charge is 2.26. The number of carbonyl (C=O) groups excluding carboxylic acids is 1. The van der Waals surface area contributed by atoms with Crippen LogP contribution in [0.25, 0.3) is 0 Å². The van der Waals surface area contributed by atoms with E-state index in [-0.39, 0.29) is 17.6 Å². The van der Waals surface area contributed by atoms with Gasteiger partial charge in [0.2, 0.25) is 0 Å². The van der Waals surface area contributed by atoms with E-state index in [9.17, 15) is 4.79 Å². The second-order valence-electron chi connectivity index (χ2n) is 6.30. The molecule has 0 radical (unpaired) electrons. The molecule has 1 saturated carbocycles. The first-order chi connectivity index (χ1) is 7.79. The van der Waals surface area contributed by atoms with Crippen LogP contribution in [0.1, 0.15) is 53.4 Å². The summed E-state index contributed by atoms with van der Waals surface area (Å²) in [5, 5.41) is 0. The van der Waals surface area contributed by atoms with Crippen LogP contribution in [0.3, 0.4) is 0 Å². The molecule has 0 saturated heterocycles. The van der Waals surface area contributed by atoms with Crippen molar-refractivity contribution in [2.45, 2.75) is 65.0 Å². The van der Waals surface area contributed by atoms with Crippen LogP contribution < -0.4 is 0 Å². The number of esters is 1. The van der Waals surface area contributed by atoms with Crippen molar-refractivity contribution in [1.29, 1.82) is 0 Å². The number of likely N-dealkylation sites (N-methyl/N-ethyl adjacent to an activating group) is 1. The van der Waals surface area contributed by atoms with Gasteiger partial charge in [-0.2, -0.15) is 0 Å². The van der Waals surface area contributed by atoms with E-state index in [0.717, 1.165) is 12.5 Å². The van der Waals surface area contributed by atoms with Gasteiger partial charge in [0.15, 0.2) is 0 Å². The SMILES string of the molecule is CC(C(=O)OC(C)(C)C)N(C)CC1CCCC1. The molecule has 1 atom stereocenters. The Hall–Kier alpha value is -0.570. The average Bonchev–Trinajstić information content (AvgIpc) is 2.66. The summed E-state index contributed by atoms with van der Waals surface area (Å²) >= 11 is 0. The molecule has 0 amide bonds. The summed E-state index contributed by atoms with van der Waals surface area (Å²) in [7, 11) is 2.02. The second kappa shape index (κ2) is 5.85. The summed E-state index contributed by atoms with van der Waals surface area (Å²) < 4.78 is 5.40. The first-order valence-corrected chi connectivity index (χ1v) is 6.72. The zero-order chi connectivity index (χ0) is 13.1. The molecule has 1 fully saturated rings. The Balaban J connectivity index is 2.39. The van der Waals surface area contributed by atoms with Gasteiger partial charge in [0.05, 0.1) is 0 Å². The predicted molar refractivity (Wildman–Crippen MR) is 69.9 cm³/mol. The third-order valence-corrected chi connectivity index (χ3v) is 3.43. The van der Waals surface area contributed by atoms with Gasteiger partial charge in [-0.25, -0.2) is 0 Å². The van der Waals surface area contributed by atoms with Crippen molar-refractivity contribution in [1.82, 2.24) is 4.90 Å². The highest BCUT2D eigenvalue weighted by atomic mass is 16.6. The van der Waals surface area contributed by atoms with Crippen LogP contribution >= 0.6 is 0 Å². The lowest BCUT2D eigenvalue weighted by molar-refractivity contribution is -0.160. The molecule has 100 valence electrons. The topological polar surface area (TPSA) is 29.5 Å². The van der Waals surface area contributed by atoms with Crippen molar-refractivity contribution in [3.63, 3.8) is 0 Å². The van der Waals surface area contributed by atoms with Gasteiger partial charge in [0.25, 0.3) is 0 Å². The van der Waals surface area contributed by atoms with E-state index in [2.05, 4.69) is 4.90 Å². The summed E-state index contributed by atoms with van der Waals surface area (Å²) in [6, 6.07) is -0.144. The lowest BCUT2D eigenvalue weighted by atomic mass is 10.1. The van der Waals surface area contributed by atoms with Crippen LogP contribution in [-0.4, -0.2) is 36.1 Å². The molecule has 0 N–H and O–H groups in total. The standard InChI is InChI=1S/C14H27NO2/c1-11(13(16)17-14(2,3)4)15(5)10-12-8-6-7-9-12/h11-12H,6-10H2,1-5H3. The van der Waals surface area contributed by atoms with Gasteiger partial charge < -0.3 is 4.74 Å². The maximum absolute atomic E-state index is 11.9. The number of rotatable bonds is 4. The lowest BCUT2D eigenvalue weighted by Crippen LogP contribution is -2.42. The summed E-state index contributed by atoms with van der Waals surface area (Å²) in [4.78, 5) is 14.0. The maximum Gasteiger partial charge on any atom is 0.323 e. The molecular formula is C14H27NO2. The van der Waals surface area contributed by atoms with Crippen molar-refractivity contribution in [2.75, 3.05) is 13.6 Å². The normalized spacial score (nSPS) is 19.6. The van der Waals surface area contributed by atoms with Gasteiger partial charge in [-0.05, 0) is 53.5 Å². The average molecular weight is 241 g/mol. The fourth-order valence-electron chi connectivity index (χ4n) is 2.33. The minimum Gasteiger partial charge on any atom is -0.459 e. The quantitative estimate of drug-likeness (QED) is 0.709. The van der Waals surface area contributed by atoms with Crippen LogP contribution in [0.5, 0.6) is 0 Å². The Kier molecular flexibility index (Phi) is 4.99. The molecule has 0 bridgehead atoms. The van der Waals surface area contributed by atoms with E-state index in [1.54, 1.807) is 0 Å². The fraction of sp³-hybridized carbons (Fsp3) is 0.929. The molecule has 0 aromatic heterocycles. The third-order valence-electron chi connectivity index (χ3n) is 3.43. The molecule has 0 aromatic carbocycles. The zero-order valence-electron chi connectivity index (χ0n) is 12.0. The number of ether oxygens (including phenoxy) is 1. The molecule has 17 heavy (non-hydrogen) atoms. The molecule has 3 nitrogen and oxygen atoms in total. The van der Waals surface area contributed by atoms with Crippen LogP contribution in [0, 0.1) is 5.92 Å². The van der Waals surface area contributed by atoms with Gasteiger partial charge >= 0.3 is 5.97 Å². The van der Waals surface area contributed by atoms with Gasteiger partial charge in [0.1, 0.15) is 11.6 Å². The predicted octanol–water partition coefficient (Wildman–Crippen LogP) is 2.84. The van der Waals surface area contributed by atoms with Gasteiger partial charge in [0, 0.05) is 6.54 Å². The molecule has 3 heteroatoms. The van der Waals surface area contributed by atoms with Crippen molar-refractivity contribution >= 4 is 5.97 Å². The largest absolute Gasteiger partial charge is 0.459 e. The number of nitrogens with zero attached hydrogens (tertiary/aromatic N) is 1. The summed E-state index contributed by atoms with van der Waals surface area (Å²) in [5.41, 5.74) is -0.389. The van der Waals surface area contributed by atoms with Crippen molar-refractivity contribution in [2.24, 2.45) is 5.92 Å². The monoisotopic (exact) mass is 241 g/mol. The van der Waals surface area contributed by atoms with E-state index < -0.39 is 0 Å². The third kappa shape index (κ3) is 5.07. The molecule has 1 unspecified atom stereocenters. The molecule has 0 heterocycles. The molecule has 1 aliphatic rings. The molecule has 1 rings (SSSR count). The minimum atomic E-state index is -0.389. The van der Waals surface area contributed by atoms with Crippen molar-refractivity contribution in [3.05, 3.63) is 0 Å². The van der Waals surface area contributed by atoms with Gasteiger partial charge in [-0.1, -0.05) is 12.8 Å². The van der Waals surface area contributed by atoms with Crippen LogP contribution in [-0.2, 0) is 9.53 Å². The Morgan fingerprint density at radius 1 is 1.35 bits per heavy atom. The number of hydrogen-bond acceptors (Lipinski definition) is 3. The smallest absolute Gasteiger partial charge is 0.323 e. The highest BCUT2D eigenvalue weighted by molar-refractivity contribution is 5.75. The molecule has 0 aromatic rings. The molecule has 1 aliphatic carbocycles. The number of carbonyl (C=O) groups is 1. The summed E-state index contributed by atoms with van der Waals surface area (Å²) in [5.74, 6) is 0.655. The van der Waals surface area contributed by atoms with E-state index >= 15 is 0 Å². The number of hydrogen-bond donors (Lipinski definition) is 0. The van der Waals surface area contributed by atoms with Crippen molar-refractivity contribution in [3.8, 4) is 0 Å². The Morgan fingerprint density at radius 3 is 2.35 bits per heavy atom. The Labute approximate surface area is 106 Å². The summed E-state index contributed by atoms with van der Waals surface area (Å²) in [6.45, 7) is 8.68. The molecular weight excluding hydrogens is 214 g/mol. The first kappa shape index (κ1) is 14.5. The van der Waals surface area contributed by atoms with Gasteiger partial charge in [-0.15, -0.1) is 0 Å². The fourth-order valence-corrected chi connectivity index (χ4v) is 2.33. The maximum atomic E-state index is 11.9. The van der Waals surface area contributed by atoms with Gasteiger partial charge in [-0.3, -0.25) is 9.69 Å². The lowest BCUT2D eigenvalue weighted by Gasteiger charge is -2.29. The second-order valence-corrected chi connectivity index (χ2v) is 6.30. The van der Waals surface area contributed by atoms with E-state index in [1.807, 2.05) is 34.7 Å². The Bertz CT molecular complexity index is 251. The summed E-state index contributed by atoms with van der Waals surface area (Å²) in [6.07, 6.45) is 5.31. The van der Waals surface area contributed by atoms with E-state index in [0.29, 0.717) is 0 Å².